The van der Waals surface area contributed by atoms with Gasteiger partial charge in [0.25, 0.3) is 0 Å². The molecule has 0 spiro atoms. The molecular formula is C24H27N5O2. The van der Waals surface area contributed by atoms with E-state index in [0.717, 1.165) is 48.9 Å². The highest BCUT2D eigenvalue weighted by Crippen LogP contribution is 2.21. The molecule has 7 heteroatoms. The summed E-state index contributed by atoms with van der Waals surface area (Å²) < 4.78 is 5.42. The van der Waals surface area contributed by atoms with Crippen LogP contribution >= 0.6 is 0 Å². The lowest BCUT2D eigenvalue weighted by atomic mass is 10.0. The number of benzene rings is 2. The van der Waals surface area contributed by atoms with E-state index in [9.17, 15) is 4.79 Å². The number of morpholine rings is 1. The highest BCUT2D eigenvalue weighted by molar-refractivity contribution is 5.90. The van der Waals surface area contributed by atoms with Crippen LogP contribution in [-0.4, -0.2) is 73.3 Å². The van der Waals surface area contributed by atoms with Crippen molar-refractivity contribution in [2.45, 2.75) is 6.42 Å². The predicted octanol–water partition coefficient (Wildman–Crippen LogP) is 2.36. The Kier molecular flexibility index (Phi) is 5.67. The maximum atomic E-state index is 13.0. The average Bonchev–Trinajstić information content (AvgIpc) is 2.85. The largest absolute Gasteiger partial charge is 0.378 e. The third-order valence-corrected chi connectivity index (χ3v) is 6.10. The van der Waals surface area contributed by atoms with Crippen LogP contribution in [0.15, 0.2) is 54.7 Å². The lowest BCUT2D eigenvalue weighted by molar-refractivity contribution is -0.130. The fourth-order valence-electron chi connectivity index (χ4n) is 4.34. The number of fused-ring (bicyclic) bond motifs is 1. The first-order chi connectivity index (χ1) is 15.3. The number of carbonyl (C=O) groups excluding carboxylic acids is 1. The Balaban J connectivity index is 1.22. The van der Waals surface area contributed by atoms with Crippen molar-refractivity contribution in [3.63, 3.8) is 0 Å². The Bertz CT molecular complexity index is 1050. The van der Waals surface area contributed by atoms with E-state index in [-0.39, 0.29) is 5.91 Å². The number of anilines is 2. The van der Waals surface area contributed by atoms with Gasteiger partial charge in [0, 0.05) is 45.5 Å². The molecule has 0 radical (unpaired) electrons. The van der Waals surface area contributed by atoms with E-state index >= 15 is 0 Å². The second kappa shape index (κ2) is 8.89. The molecule has 0 atom stereocenters. The van der Waals surface area contributed by atoms with E-state index in [1.54, 1.807) is 0 Å². The number of nitrogens with zero attached hydrogens (tertiary/aromatic N) is 5. The first-order valence-electron chi connectivity index (χ1n) is 10.9. The topological polar surface area (TPSA) is 61.8 Å². The predicted molar refractivity (Wildman–Crippen MR) is 122 cm³/mol. The fraction of sp³-hybridized carbons (Fsp3) is 0.375. The zero-order chi connectivity index (χ0) is 21.0. The van der Waals surface area contributed by atoms with Gasteiger partial charge in [0.05, 0.1) is 19.6 Å². The Labute approximate surface area is 182 Å². The van der Waals surface area contributed by atoms with Gasteiger partial charge in [-0.15, -0.1) is 0 Å². The number of amides is 1. The van der Waals surface area contributed by atoms with E-state index in [1.807, 2.05) is 35.4 Å². The summed E-state index contributed by atoms with van der Waals surface area (Å²) in [7, 11) is 0. The summed E-state index contributed by atoms with van der Waals surface area (Å²) >= 11 is 0. The molecule has 1 amide bonds. The molecule has 0 unspecified atom stereocenters. The molecule has 3 aromatic rings. The van der Waals surface area contributed by atoms with Gasteiger partial charge in [-0.05, 0) is 22.4 Å². The van der Waals surface area contributed by atoms with Crippen LogP contribution < -0.4 is 9.80 Å². The van der Waals surface area contributed by atoms with E-state index < -0.39 is 0 Å². The molecule has 0 aliphatic carbocycles. The number of rotatable bonds is 4. The van der Waals surface area contributed by atoms with E-state index in [1.165, 1.54) is 5.39 Å². The van der Waals surface area contributed by atoms with E-state index in [2.05, 4.69) is 39.0 Å². The monoisotopic (exact) mass is 417 g/mol. The molecule has 2 saturated heterocycles. The number of piperazine rings is 1. The summed E-state index contributed by atoms with van der Waals surface area (Å²) in [6.07, 6.45) is 2.27. The molecule has 2 fully saturated rings. The van der Waals surface area contributed by atoms with Crippen LogP contribution in [-0.2, 0) is 16.0 Å². The molecule has 2 aliphatic rings. The summed E-state index contributed by atoms with van der Waals surface area (Å²) in [6.45, 7) is 6.04. The van der Waals surface area contributed by atoms with Crippen LogP contribution in [0.3, 0.4) is 0 Å². The Morgan fingerprint density at radius 2 is 1.65 bits per heavy atom. The first kappa shape index (κ1) is 19.8. The molecule has 0 N–H and O–H groups in total. The van der Waals surface area contributed by atoms with Crippen molar-refractivity contribution in [1.29, 1.82) is 0 Å². The van der Waals surface area contributed by atoms with Gasteiger partial charge in [-0.3, -0.25) is 4.79 Å². The third-order valence-electron chi connectivity index (χ3n) is 6.10. The van der Waals surface area contributed by atoms with Gasteiger partial charge in [0.1, 0.15) is 5.82 Å². The lowest BCUT2D eigenvalue weighted by Gasteiger charge is -2.36. The third kappa shape index (κ3) is 4.32. The van der Waals surface area contributed by atoms with Gasteiger partial charge in [-0.2, -0.15) is 4.98 Å². The minimum absolute atomic E-state index is 0.188. The maximum absolute atomic E-state index is 13.0. The SMILES string of the molecule is O=C(Cc1cccc2ccccc12)N1CCN(c2ccnc(N3CCOCC3)n2)CC1. The van der Waals surface area contributed by atoms with Crippen molar-refractivity contribution >= 4 is 28.4 Å². The van der Waals surface area contributed by atoms with Crippen LogP contribution in [0.25, 0.3) is 10.8 Å². The van der Waals surface area contributed by atoms with Crippen LogP contribution in [0.1, 0.15) is 5.56 Å². The molecule has 0 bridgehead atoms. The molecule has 31 heavy (non-hydrogen) atoms. The highest BCUT2D eigenvalue weighted by Gasteiger charge is 2.23. The van der Waals surface area contributed by atoms with Crippen molar-refractivity contribution in [3.8, 4) is 0 Å². The van der Waals surface area contributed by atoms with Gasteiger partial charge in [-0.25, -0.2) is 4.98 Å². The number of hydrogen-bond acceptors (Lipinski definition) is 6. The minimum atomic E-state index is 0.188. The molecule has 7 nitrogen and oxygen atoms in total. The van der Waals surface area contributed by atoms with Crippen LogP contribution in [0.4, 0.5) is 11.8 Å². The van der Waals surface area contributed by atoms with Crippen molar-refractivity contribution < 1.29 is 9.53 Å². The second-order valence-corrected chi connectivity index (χ2v) is 8.00. The van der Waals surface area contributed by atoms with Crippen molar-refractivity contribution in [2.75, 3.05) is 62.3 Å². The summed E-state index contributed by atoms with van der Waals surface area (Å²) in [6, 6.07) is 16.4. The average molecular weight is 418 g/mol. The Morgan fingerprint density at radius 3 is 2.48 bits per heavy atom. The Morgan fingerprint density at radius 1 is 0.871 bits per heavy atom. The van der Waals surface area contributed by atoms with Crippen molar-refractivity contribution in [2.24, 2.45) is 0 Å². The number of aromatic nitrogens is 2. The Hall–Kier alpha value is -3.19. The van der Waals surface area contributed by atoms with E-state index in [0.29, 0.717) is 32.7 Å². The molecule has 160 valence electrons. The van der Waals surface area contributed by atoms with Crippen LogP contribution in [0.2, 0.25) is 0 Å². The standard InChI is InChI=1S/C24H27N5O2/c30-23(18-20-6-3-5-19-4-1-2-7-21(19)20)28-12-10-27(11-13-28)22-8-9-25-24(26-22)29-14-16-31-17-15-29/h1-9H,10-18H2. The highest BCUT2D eigenvalue weighted by atomic mass is 16.5. The summed E-state index contributed by atoms with van der Waals surface area (Å²) in [5, 5.41) is 2.34. The molecular weight excluding hydrogens is 390 g/mol. The fourth-order valence-corrected chi connectivity index (χ4v) is 4.34. The summed E-state index contributed by atoms with van der Waals surface area (Å²) in [4.78, 5) is 28.6. The molecule has 3 heterocycles. The molecule has 2 aliphatic heterocycles. The normalized spacial score (nSPS) is 17.2. The van der Waals surface area contributed by atoms with Gasteiger partial charge in [0.2, 0.25) is 11.9 Å². The van der Waals surface area contributed by atoms with Gasteiger partial charge >= 0.3 is 0 Å². The van der Waals surface area contributed by atoms with E-state index in [4.69, 9.17) is 9.72 Å². The van der Waals surface area contributed by atoms with Crippen LogP contribution in [0, 0.1) is 0 Å². The zero-order valence-electron chi connectivity index (χ0n) is 17.6. The zero-order valence-corrected chi connectivity index (χ0v) is 17.6. The number of ether oxygens (including phenoxy) is 1. The molecule has 2 aromatic carbocycles. The van der Waals surface area contributed by atoms with Gasteiger partial charge < -0.3 is 19.4 Å². The molecule has 5 rings (SSSR count). The first-order valence-corrected chi connectivity index (χ1v) is 10.9. The molecule has 0 saturated carbocycles. The number of carbonyl (C=O) groups is 1. The smallest absolute Gasteiger partial charge is 0.227 e. The van der Waals surface area contributed by atoms with Crippen molar-refractivity contribution in [3.05, 3.63) is 60.3 Å². The second-order valence-electron chi connectivity index (χ2n) is 8.00. The van der Waals surface area contributed by atoms with Gasteiger partial charge in [-0.1, -0.05) is 42.5 Å². The summed E-state index contributed by atoms with van der Waals surface area (Å²) in [5.74, 6) is 1.88. The maximum Gasteiger partial charge on any atom is 0.227 e. The quantitative estimate of drug-likeness (QED) is 0.650. The summed E-state index contributed by atoms with van der Waals surface area (Å²) in [5.41, 5.74) is 1.09. The van der Waals surface area contributed by atoms with Gasteiger partial charge in [0.15, 0.2) is 0 Å². The number of hydrogen-bond donors (Lipinski definition) is 0. The minimum Gasteiger partial charge on any atom is -0.378 e. The molecule has 1 aromatic heterocycles. The van der Waals surface area contributed by atoms with Crippen molar-refractivity contribution in [1.82, 2.24) is 14.9 Å². The lowest BCUT2D eigenvalue weighted by Crippen LogP contribution is -2.49. The van der Waals surface area contributed by atoms with Crippen LogP contribution in [0.5, 0.6) is 0 Å².